The van der Waals surface area contributed by atoms with Crippen molar-refractivity contribution in [3.05, 3.63) is 11.6 Å². The van der Waals surface area contributed by atoms with Crippen molar-refractivity contribution in [3.63, 3.8) is 0 Å². The van der Waals surface area contributed by atoms with Gasteiger partial charge in [0.05, 0.1) is 0 Å². The van der Waals surface area contributed by atoms with E-state index in [9.17, 15) is 4.79 Å². The molecule has 3 saturated carbocycles. The molecule has 0 N–H and O–H groups in total. The summed E-state index contributed by atoms with van der Waals surface area (Å²) in [5, 5.41) is 0. The Balaban J connectivity index is 1.45. The summed E-state index contributed by atoms with van der Waals surface area (Å²) >= 11 is 0. The Kier molecular flexibility index (Phi) is 7.19. The number of fused-ring (bicyclic) bond motifs is 5. The van der Waals surface area contributed by atoms with Crippen LogP contribution in [0.2, 0.25) is 0 Å². The number of allylic oxidation sites excluding steroid dienone is 1. The van der Waals surface area contributed by atoms with Crippen molar-refractivity contribution in [1.82, 2.24) is 0 Å². The molecular weight excluding hydrogens is 392 g/mol. The summed E-state index contributed by atoms with van der Waals surface area (Å²) in [4.78, 5) is 11.9. The molecule has 0 bridgehead atoms. The summed E-state index contributed by atoms with van der Waals surface area (Å²) in [6.45, 7) is 14.5. The highest BCUT2D eigenvalue weighted by atomic mass is 16.5. The Morgan fingerprint density at radius 3 is 2.56 bits per heavy atom. The average Bonchev–Trinajstić information content (AvgIpc) is 3.11. The number of carbonyl (C=O) groups is 1. The van der Waals surface area contributed by atoms with Gasteiger partial charge in [-0.1, -0.05) is 72.5 Å². The molecule has 2 heteroatoms. The van der Waals surface area contributed by atoms with Crippen molar-refractivity contribution in [3.8, 4) is 0 Å². The highest BCUT2D eigenvalue weighted by Crippen LogP contribution is 2.67. The maximum atomic E-state index is 11.9. The van der Waals surface area contributed by atoms with Crippen LogP contribution in [0.25, 0.3) is 0 Å². The van der Waals surface area contributed by atoms with Gasteiger partial charge in [-0.05, 0) is 91.3 Å². The minimum Gasteiger partial charge on any atom is -0.462 e. The van der Waals surface area contributed by atoms with Crippen LogP contribution in [0.4, 0.5) is 0 Å². The topological polar surface area (TPSA) is 26.3 Å². The zero-order chi connectivity index (χ0) is 23.1. The van der Waals surface area contributed by atoms with E-state index < -0.39 is 0 Å². The lowest BCUT2D eigenvalue weighted by atomic mass is 9.47. The van der Waals surface area contributed by atoms with Gasteiger partial charge in [0.1, 0.15) is 6.10 Å². The number of rotatable bonds is 7. The first-order valence-electron chi connectivity index (χ1n) is 14.1. The first kappa shape index (κ1) is 24.3. The minimum atomic E-state index is -0.0270. The SMILES string of the molecule is CCC(=O)O[C@@H]1CC[C@]2(C)C(=CC[C@H]3[C@H]4CC[C@H]([C@@H](C)CCCC(C)C)[C@]4(C)CC[C@H]32)C1. The molecule has 0 radical (unpaired) electrons. The molecule has 8 atom stereocenters. The molecular formula is C30H50O2. The molecule has 0 aliphatic heterocycles. The van der Waals surface area contributed by atoms with E-state index in [1.54, 1.807) is 5.57 Å². The lowest BCUT2D eigenvalue weighted by Crippen LogP contribution is -2.51. The van der Waals surface area contributed by atoms with Crippen molar-refractivity contribution in [2.75, 3.05) is 0 Å². The Morgan fingerprint density at radius 1 is 1.06 bits per heavy atom. The molecule has 0 aromatic heterocycles. The Labute approximate surface area is 198 Å². The molecule has 4 rings (SSSR count). The Hall–Kier alpha value is -0.790. The van der Waals surface area contributed by atoms with Crippen LogP contribution in [0.1, 0.15) is 119 Å². The first-order chi connectivity index (χ1) is 15.2. The molecule has 4 aliphatic rings. The molecule has 0 saturated heterocycles. The molecule has 0 amide bonds. The summed E-state index contributed by atoms with van der Waals surface area (Å²) in [6, 6.07) is 0. The summed E-state index contributed by atoms with van der Waals surface area (Å²) in [5.74, 6) is 5.28. The molecule has 32 heavy (non-hydrogen) atoms. The van der Waals surface area contributed by atoms with Crippen LogP contribution in [0.5, 0.6) is 0 Å². The molecule has 0 aromatic carbocycles. The first-order valence-corrected chi connectivity index (χ1v) is 14.1. The number of hydrogen-bond donors (Lipinski definition) is 0. The largest absolute Gasteiger partial charge is 0.462 e. The van der Waals surface area contributed by atoms with Gasteiger partial charge in [0.15, 0.2) is 0 Å². The molecule has 0 heterocycles. The van der Waals surface area contributed by atoms with Crippen molar-refractivity contribution in [2.45, 2.75) is 125 Å². The maximum absolute atomic E-state index is 11.9. The van der Waals surface area contributed by atoms with Gasteiger partial charge in [-0.3, -0.25) is 4.79 Å². The zero-order valence-electron chi connectivity index (χ0n) is 21.9. The minimum absolute atomic E-state index is 0.0270. The molecule has 0 unspecified atom stereocenters. The predicted octanol–water partition coefficient (Wildman–Crippen LogP) is 8.35. The van der Waals surface area contributed by atoms with Gasteiger partial charge >= 0.3 is 5.97 Å². The molecule has 4 aliphatic carbocycles. The summed E-state index contributed by atoms with van der Waals surface area (Å²) < 4.78 is 5.76. The van der Waals surface area contributed by atoms with Crippen LogP contribution in [0.15, 0.2) is 11.6 Å². The quantitative estimate of drug-likeness (QED) is 0.292. The van der Waals surface area contributed by atoms with Gasteiger partial charge < -0.3 is 4.74 Å². The molecule has 3 fully saturated rings. The van der Waals surface area contributed by atoms with E-state index in [-0.39, 0.29) is 12.1 Å². The van der Waals surface area contributed by atoms with E-state index >= 15 is 0 Å². The molecule has 0 spiro atoms. The fourth-order valence-electron chi connectivity index (χ4n) is 9.02. The van der Waals surface area contributed by atoms with Gasteiger partial charge in [0.25, 0.3) is 0 Å². The maximum Gasteiger partial charge on any atom is 0.305 e. The third kappa shape index (κ3) is 4.34. The summed E-state index contributed by atoms with van der Waals surface area (Å²) in [7, 11) is 0. The average molecular weight is 443 g/mol. The Morgan fingerprint density at radius 2 is 1.84 bits per heavy atom. The van der Waals surface area contributed by atoms with Gasteiger partial charge in [0, 0.05) is 12.8 Å². The second-order valence-corrected chi connectivity index (χ2v) is 13.0. The van der Waals surface area contributed by atoms with Gasteiger partial charge in [-0.2, -0.15) is 0 Å². The zero-order valence-corrected chi connectivity index (χ0v) is 21.9. The third-order valence-electron chi connectivity index (χ3n) is 10.8. The molecule has 2 nitrogen and oxygen atoms in total. The number of carbonyl (C=O) groups excluding carboxylic acids is 1. The summed E-state index contributed by atoms with van der Waals surface area (Å²) in [5.41, 5.74) is 2.54. The highest BCUT2D eigenvalue weighted by molar-refractivity contribution is 5.69. The van der Waals surface area contributed by atoms with Crippen LogP contribution in [-0.2, 0) is 9.53 Å². The van der Waals surface area contributed by atoms with Crippen molar-refractivity contribution < 1.29 is 9.53 Å². The second kappa shape index (κ2) is 9.46. The summed E-state index contributed by atoms with van der Waals surface area (Å²) in [6.07, 6.45) is 17.8. The van der Waals surface area contributed by atoms with Gasteiger partial charge in [-0.15, -0.1) is 0 Å². The van der Waals surface area contributed by atoms with Crippen LogP contribution >= 0.6 is 0 Å². The number of hydrogen-bond acceptors (Lipinski definition) is 2. The van der Waals surface area contributed by atoms with E-state index in [4.69, 9.17) is 4.74 Å². The van der Waals surface area contributed by atoms with E-state index in [0.29, 0.717) is 17.3 Å². The third-order valence-corrected chi connectivity index (χ3v) is 10.8. The number of esters is 1. The van der Waals surface area contributed by atoms with E-state index in [0.717, 1.165) is 48.3 Å². The second-order valence-electron chi connectivity index (χ2n) is 13.0. The van der Waals surface area contributed by atoms with Crippen LogP contribution in [-0.4, -0.2) is 12.1 Å². The smallest absolute Gasteiger partial charge is 0.305 e. The van der Waals surface area contributed by atoms with Crippen LogP contribution < -0.4 is 0 Å². The fraction of sp³-hybridized carbons (Fsp3) is 0.900. The predicted molar refractivity (Wildman–Crippen MR) is 133 cm³/mol. The van der Waals surface area contributed by atoms with Gasteiger partial charge in [-0.25, -0.2) is 0 Å². The van der Waals surface area contributed by atoms with Crippen molar-refractivity contribution in [1.29, 1.82) is 0 Å². The van der Waals surface area contributed by atoms with Crippen LogP contribution in [0, 0.1) is 46.3 Å². The van der Waals surface area contributed by atoms with Crippen LogP contribution in [0.3, 0.4) is 0 Å². The van der Waals surface area contributed by atoms with Crippen molar-refractivity contribution in [2.24, 2.45) is 46.3 Å². The van der Waals surface area contributed by atoms with E-state index in [1.807, 2.05) is 6.92 Å². The molecule has 0 aromatic rings. The van der Waals surface area contributed by atoms with Crippen molar-refractivity contribution >= 4 is 5.97 Å². The van der Waals surface area contributed by atoms with Gasteiger partial charge in [0.2, 0.25) is 0 Å². The monoisotopic (exact) mass is 442 g/mol. The molecule has 182 valence electrons. The lowest BCUT2D eigenvalue weighted by Gasteiger charge is -2.58. The fourth-order valence-corrected chi connectivity index (χ4v) is 9.02. The standard InChI is InChI=1S/C30H50O2/c1-7-28(31)32-23-15-17-29(5)22(19-23)11-12-24-26-14-13-25(21(4)10-8-9-20(2)3)30(26,6)18-16-27(24)29/h11,20-21,23-27H,7-10,12-19H2,1-6H3/t21-,23+,24-,25+,26+,27+,29+,30-/m0/s1. The number of ether oxygens (including phenoxy) is 1. The van der Waals surface area contributed by atoms with E-state index in [1.165, 1.54) is 57.8 Å². The lowest BCUT2D eigenvalue weighted by molar-refractivity contribution is -0.151. The highest BCUT2D eigenvalue weighted by Gasteiger charge is 2.59. The van der Waals surface area contributed by atoms with E-state index in [2.05, 4.69) is 40.7 Å². The Bertz CT molecular complexity index is 708. The normalized spacial score (nSPS) is 42.0.